The van der Waals surface area contributed by atoms with Crippen LogP contribution in [0.5, 0.6) is 11.5 Å². The van der Waals surface area contributed by atoms with Gasteiger partial charge >= 0.3 is 0 Å². The molecule has 0 bridgehead atoms. The van der Waals surface area contributed by atoms with Gasteiger partial charge in [-0.25, -0.2) is 0 Å². The number of hydrogen-bond acceptors (Lipinski definition) is 11. The maximum atomic E-state index is 13.4. The van der Waals surface area contributed by atoms with E-state index >= 15 is 0 Å². The van der Waals surface area contributed by atoms with Crippen LogP contribution in [0.2, 0.25) is 10.0 Å². The number of benzene rings is 8. The van der Waals surface area contributed by atoms with E-state index in [1.165, 1.54) is 0 Å². The molecule has 1 aromatic heterocycles. The van der Waals surface area contributed by atoms with Crippen molar-refractivity contribution in [2.45, 2.75) is 6.42 Å². The number of anilines is 1. The Morgan fingerprint density at radius 3 is 1.59 bits per heavy atom. The van der Waals surface area contributed by atoms with Gasteiger partial charge in [0, 0.05) is 33.3 Å². The standard InChI is InChI=1S/C49H31Cl2N7O5/c50-39-14-6-3-11-32(39)27-42(59)37-25-30-9-1-4-12-35(30)43(45(37)60)55-53-33-21-17-28(18-22-33)48-57-58-49(63-48)29-19-23-34(24-20-29)54-56-44-36-13-5-2-10-31(36)26-38(46(44)61)47(62)52-41-16-8-7-15-40(41)51/h1-26,60-61H,27H2,(H,52,62). The number of carbonyl (C=O) groups is 2. The molecule has 1 amide bonds. The zero-order valence-corrected chi connectivity index (χ0v) is 34.3. The van der Waals surface area contributed by atoms with Gasteiger partial charge in [0.05, 0.1) is 33.2 Å². The number of azo groups is 2. The van der Waals surface area contributed by atoms with E-state index in [-0.39, 0.29) is 58.0 Å². The first-order valence-corrected chi connectivity index (χ1v) is 20.2. The number of phenols is 2. The number of ketones is 1. The number of nitrogens with one attached hydrogen (secondary N) is 1. The molecule has 12 nitrogen and oxygen atoms in total. The highest BCUT2D eigenvalue weighted by Crippen LogP contribution is 2.42. The lowest BCUT2D eigenvalue weighted by Crippen LogP contribution is -2.12. The molecular weight excluding hydrogens is 837 g/mol. The summed E-state index contributed by atoms with van der Waals surface area (Å²) >= 11 is 12.6. The molecule has 306 valence electrons. The fourth-order valence-electron chi connectivity index (χ4n) is 6.90. The van der Waals surface area contributed by atoms with E-state index in [0.717, 1.165) is 5.39 Å². The maximum absolute atomic E-state index is 13.4. The van der Waals surface area contributed by atoms with E-state index in [9.17, 15) is 19.8 Å². The minimum atomic E-state index is -0.555. The molecule has 8 aromatic carbocycles. The summed E-state index contributed by atoms with van der Waals surface area (Å²) in [5, 5.41) is 54.8. The van der Waals surface area contributed by atoms with Crippen LogP contribution in [0.25, 0.3) is 44.5 Å². The molecule has 3 N–H and O–H groups in total. The van der Waals surface area contributed by atoms with Gasteiger partial charge in [-0.2, -0.15) is 10.2 Å². The predicted octanol–water partition coefficient (Wildman–Crippen LogP) is 13.9. The molecule has 9 rings (SSSR count). The zero-order chi connectivity index (χ0) is 43.5. The lowest BCUT2D eigenvalue weighted by molar-refractivity contribution is 0.0988. The Hall–Kier alpha value is -8.06. The van der Waals surface area contributed by atoms with Crippen LogP contribution in [-0.4, -0.2) is 32.1 Å². The number of amides is 1. The fourth-order valence-corrected chi connectivity index (χ4v) is 7.28. The van der Waals surface area contributed by atoms with Crippen molar-refractivity contribution >= 4 is 84.9 Å². The smallest absolute Gasteiger partial charge is 0.259 e. The van der Waals surface area contributed by atoms with Crippen LogP contribution in [0.4, 0.5) is 28.4 Å². The number of phenolic OH excluding ortho intramolecular Hbond substituents is 2. The Kier molecular flexibility index (Phi) is 11.2. The maximum Gasteiger partial charge on any atom is 0.259 e. The van der Waals surface area contributed by atoms with Gasteiger partial charge in [0.1, 0.15) is 11.4 Å². The van der Waals surface area contributed by atoms with E-state index in [0.29, 0.717) is 60.0 Å². The highest BCUT2D eigenvalue weighted by molar-refractivity contribution is 6.34. The number of Topliss-reactive ketones (excluding diaryl/α,β-unsaturated/α-hetero) is 1. The number of aromatic hydroxyl groups is 2. The van der Waals surface area contributed by atoms with Gasteiger partial charge in [0.2, 0.25) is 11.8 Å². The third-order valence-corrected chi connectivity index (χ3v) is 10.8. The summed E-state index contributed by atoms with van der Waals surface area (Å²) in [4.78, 5) is 26.7. The summed E-state index contributed by atoms with van der Waals surface area (Å²) in [5.41, 5.74) is 3.71. The molecule has 1 heterocycles. The molecule has 0 aliphatic heterocycles. The number of carbonyl (C=O) groups excluding carboxylic acids is 2. The minimum absolute atomic E-state index is 0.00842. The normalized spacial score (nSPS) is 11.5. The van der Waals surface area contributed by atoms with Crippen molar-refractivity contribution in [1.82, 2.24) is 10.2 Å². The average molecular weight is 869 g/mol. The Morgan fingerprint density at radius 2 is 1.03 bits per heavy atom. The molecule has 0 saturated heterocycles. The van der Waals surface area contributed by atoms with Crippen LogP contribution in [0, 0.1) is 0 Å². The lowest BCUT2D eigenvalue weighted by atomic mass is 9.97. The van der Waals surface area contributed by atoms with Gasteiger partial charge in [-0.05, 0) is 95.2 Å². The molecule has 0 spiro atoms. The Morgan fingerprint density at radius 1 is 0.556 bits per heavy atom. The highest BCUT2D eigenvalue weighted by Gasteiger charge is 2.21. The molecule has 0 aliphatic carbocycles. The SMILES string of the molecule is O=C(Cc1ccccc1Cl)c1cc2ccccc2c(N=Nc2ccc(-c3nnc(-c4ccc(N=Nc5c(O)c(C(=O)Nc6ccccc6Cl)cc6ccccc56)cc4)o3)cc2)c1O. The Bertz CT molecular complexity index is 3060. The van der Waals surface area contributed by atoms with Crippen LogP contribution in [0.1, 0.15) is 26.3 Å². The third kappa shape index (κ3) is 8.49. The van der Waals surface area contributed by atoms with Crippen molar-refractivity contribution in [3.05, 3.63) is 184 Å². The van der Waals surface area contributed by atoms with Gasteiger partial charge in [0.25, 0.3) is 5.91 Å². The molecule has 0 radical (unpaired) electrons. The number of para-hydroxylation sites is 1. The van der Waals surface area contributed by atoms with E-state index in [2.05, 4.69) is 36.0 Å². The first-order valence-electron chi connectivity index (χ1n) is 19.4. The van der Waals surface area contributed by atoms with Crippen molar-refractivity contribution < 1.29 is 24.2 Å². The molecule has 0 saturated carbocycles. The van der Waals surface area contributed by atoms with Gasteiger partial charge in [0.15, 0.2) is 17.3 Å². The number of halogens is 2. The second-order valence-corrected chi connectivity index (χ2v) is 15.0. The molecular formula is C49H31Cl2N7O5. The highest BCUT2D eigenvalue weighted by atomic mass is 35.5. The topological polar surface area (TPSA) is 175 Å². The van der Waals surface area contributed by atoms with Crippen LogP contribution in [-0.2, 0) is 6.42 Å². The van der Waals surface area contributed by atoms with Gasteiger partial charge in [-0.15, -0.1) is 20.4 Å². The molecule has 0 atom stereocenters. The summed E-state index contributed by atoms with van der Waals surface area (Å²) in [6.45, 7) is 0. The van der Waals surface area contributed by atoms with E-state index in [1.807, 2.05) is 36.4 Å². The number of nitrogens with zero attached hydrogens (tertiary/aromatic N) is 6. The van der Waals surface area contributed by atoms with Crippen LogP contribution in [0.15, 0.2) is 183 Å². The summed E-state index contributed by atoms with van der Waals surface area (Å²) in [7, 11) is 0. The second kappa shape index (κ2) is 17.5. The van der Waals surface area contributed by atoms with Crippen molar-refractivity contribution in [3.63, 3.8) is 0 Å². The Labute approximate surface area is 368 Å². The second-order valence-electron chi connectivity index (χ2n) is 14.2. The Balaban J connectivity index is 0.907. The number of fused-ring (bicyclic) bond motifs is 2. The van der Waals surface area contributed by atoms with Crippen molar-refractivity contribution in [3.8, 4) is 34.4 Å². The van der Waals surface area contributed by atoms with E-state index < -0.39 is 5.91 Å². The number of rotatable bonds is 11. The summed E-state index contributed by atoms with van der Waals surface area (Å²) < 4.78 is 6.01. The molecule has 14 heteroatoms. The number of aromatic nitrogens is 2. The zero-order valence-electron chi connectivity index (χ0n) is 32.8. The monoisotopic (exact) mass is 867 g/mol. The van der Waals surface area contributed by atoms with Crippen LogP contribution < -0.4 is 5.32 Å². The van der Waals surface area contributed by atoms with Crippen molar-refractivity contribution in [2.24, 2.45) is 20.5 Å². The summed E-state index contributed by atoms with van der Waals surface area (Å²) in [6.07, 6.45) is 0.00842. The summed E-state index contributed by atoms with van der Waals surface area (Å²) in [5.74, 6) is -0.920. The molecule has 0 aliphatic rings. The summed E-state index contributed by atoms with van der Waals surface area (Å²) in [6, 6.07) is 45.6. The van der Waals surface area contributed by atoms with Crippen LogP contribution in [0.3, 0.4) is 0 Å². The minimum Gasteiger partial charge on any atom is -0.505 e. The van der Waals surface area contributed by atoms with Gasteiger partial charge < -0.3 is 19.9 Å². The number of hydrogen-bond donors (Lipinski definition) is 3. The molecule has 9 aromatic rings. The first-order chi connectivity index (χ1) is 30.7. The van der Waals surface area contributed by atoms with Crippen LogP contribution >= 0.6 is 23.2 Å². The lowest BCUT2D eigenvalue weighted by Gasteiger charge is -2.12. The average Bonchev–Trinajstić information content (AvgIpc) is 3.80. The van der Waals surface area contributed by atoms with E-state index in [1.54, 1.807) is 121 Å². The van der Waals surface area contributed by atoms with Crippen molar-refractivity contribution in [2.75, 3.05) is 5.32 Å². The predicted molar refractivity (Wildman–Crippen MR) is 244 cm³/mol. The molecule has 63 heavy (non-hydrogen) atoms. The van der Waals surface area contributed by atoms with Gasteiger partial charge in [-0.3, -0.25) is 9.59 Å². The van der Waals surface area contributed by atoms with Gasteiger partial charge in [-0.1, -0.05) is 102 Å². The van der Waals surface area contributed by atoms with Crippen molar-refractivity contribution in [1.29, 1.82) is 0 Å². The largest absolute Gasteiger partial charge is 0.505 e. The fraction of sp³-hybridized carbons (Fsp3) is 0.0204. The first kappa shape index (κ1) is 40.4. The molecule has 0 unspecified atom stereocenters. The van der Waals surface area contributed by atoms with E-state index in [4.69, 9.17) is 27.6 Å². The quantitative estimate of drug-likeness (QED) is 0.0856. The molecule has 0 fully saturated rings. The third-order valence-electron chi connectivity index (χ3n) is 10.2.